The lowest BCUT2D eigenvalue weighted by Crippen LogP contribution is -2.10. The zero-order chi connectivity index (χ0) is 19.9. The number of aryl methyl sites for hydroxylation is 2. The van der Waals surface area contributed by atoms with Crippen LogP contribution in [-0.2, 0) is 5.41 Å². The Kier molecular flexibility index (Phi) is 4.46. The number of anilines is 2. The summed E-state index contributed by atoms with van der Waals surface area (Å²) in [5, 5.41) is 3.68. The second kappa shape index (κ2) is 6.83. The third kappa shape index (κ3) is 3.29. The molecule has 0 radical (unpaired) electrons. The summed E-state index contributed by atoms with van der Waals surface area (Å²) in [6, 6.07) is 21.3. The van der Waals surface area contributed by atoms with Crippen molar-refractivity contribution >= 4 is 17.2 Å². The summed E-state index contributed by atoms with van der Waals surface area (Å²) in [7, 11) is 0. The number of fused-ring (bicyclic) bond motifs is 1. The van der Waals surface area contributed by atoms with Gasteiger partial charge >= 0.3 is 0 Å². The number of para-hydroxylation sites is 1. The van der Waals surface area contributed by atoms with Crippen LogP contribution in [0.1, 0.15) is 37.5 Å². The minimum absolute atomic E-state index is 0.136. The number of nitrogens with one attached hydrogen (secondary N) is 1. The SMILES string of the molecule is Cc1cccc(C)c1Nc1c(-c2ccc(C(C)(C)C)cc2)nc2ccccn12. The highest BCUT2D eigenvalue weighted by Crippen LogP contribution is 2.34. The predicted octanol–water partition coefficient (Wildman–Crippen LogP) is 6.66. The van der Waals surface area contributed by atoms with Gasteiger partial charge in [-0.15, -0.1) is 0 Å². The first kappa shape index (κ1) is 18.3. The van der Waals surface area contributed by atoms with Gasteiger partial charge < -0.3 is 5.32 Å². The van der Waals surface area contributed by atoms with Crippen molar-refractivity contribution in [3.63, 3.8) is 0 Å². The molecule has 0 saturated carbocycles. The Balaban J connectivity index is 1.86. The number of aromatic nitrogens is 2. The van der Waals surface area contributed by atoms with Crippen LogP contribution >= 0.6 is 0 Å². The molecule has 0 saturated heterocycles. The smallest absolute Gasteiger partial charge is 0.143 e. The number of hydrogen-bond donors (Lipinski definition) is 1. The van der Waals surface area contributed by atoms with Crippen molar-refractivity contribution in [2.45, 2.75) is 40.0 Å². The van der Waals surface area contributed by atoms with Gasteiger partial charge in [0.25, 0.3) is 0 Å². The molecule has 0 bridgehead atoms. The number of hydrogen-bond acceptors (Lipinski definition) is 2. The first-order valence-electron chi connectivity index (χ1n) is 9.76. The van der Waals surface area contributed by atoms with Gasteiger partial charge in [0, 0.05) is 17.4 Å². The molecule has 4 rings (SSSR count). The topological polar surface area (TPSA) is 29.3 Å². The van der Waals surface area contributed by atoms with Crippen molar-refractivity contribution in [3.05, 3.63) is 83.6 Å². The summed E-state index contributed by atoms with van der Waals surface area (Å²) < 4.78 is 2.12. The Hall–Kier alpha value is -3.07. The summed E-state index contributed by atoms with van der Waals surface area (Å²) in [6.45, 7) is 11.0. The van der Waals surface area contributed by atoms with Crippen LogP contribution in [0, 0.1) is 13.8 Å². The fourth-order valence-corrected chi connectivity index (χ4v) is 3.57. The monoisotopic (exact) mass is 369 g/mol. The Bertz CT molecular complexity index is 1110. The molecular weight excluding hydrogens is 342 g/mol. The van der Waals surface area contributed by atoms with Crippen LogP contribution in [-0.4, -0.2) is 9.38 Å². The molecule has 2 aromatic heterocycles. The summed E-state index contributed by atoms with van der Waals surface area (Å²) in [5.41, 5.74) is 8.06. The fraction of sp³-hybridized carbons (Fsp3) is 0.240. The van der Waals surface area contributed by atoms with E-state index in [2.05, 4.69) is 93.0 Å². The lowest BCUT2D eigenvalue weighted by atomic mass is 9.86. The highest BCUT2D eigenvalue weighted by Gasteiger charge is 2.18. The summed E-state index contributed by atoms with van der Waals surface area (Å²) in [6.07, 6.45) is 2.06. The molecule has 142 valence electrons. The second-order valence-electron chi connectivity index (χ2n) is 8.46. The van der Waals surface area contributed by atoms with Crippen molar-refractivity contribution in [2.24, 2.45) is 0 Å². The molecule has 0 spiro atoms. The van der Waals surface area contributed by atoms with E-state index in [-0.39, 0.29) is 5.41 Å². The van der Waals surface area contributed by atoms with Gasteiger partial charge in [-0.05, 0) is 48.1 Å². The van der Waals surface area contributed by atoms with E-state index in [0.29, 0.717) is 0 Å². The third-order valence-electron chi connectivity index (χ3n) is 5.28. The van der Waals surface area contributed by atoms with Crippen LogP contribution in [0.4, 0.5) is 11.5 Å². The van der Waals surface area contributed by atoms with Crippen LogP contribution < -0.4 is 5.32 Å². The minimum atomic E-state index is 0.136. The van der Waals surface area contributed by atoms with E-state index in [1.54, 1.807) is 0 Å². The molecule has 0 aliphatic carbocycles. The van der Waals surface area contributed by atoms with E-state index in [1.807, 2.05) is 18.2 Å². The molecule has 1 N–H and O–H groups in total. The standard InChI is InChI=1S/C25H27N3/c1-17-9-8-10-18(2)22(17)27-24-23(26-21-11-6-7-16-28(21)24)19-12-14-20(15-13-19)25(3,4)5/h6-16,27H,1-5H3. The Labute approximate surface area is 167 Å². The minimum Gasteiger partial charge on any atom is -0.339 e. The van der Waals surface area contributed by atoms with Crippen LogP contribution in [0.3, 0.4) is 0 Å². The third-order valence-corrected chi connectivity index (χ3v) is 5.28. The maximum atomic E-state index is 4.93. The number of pyridine rings is 1. The van der Waals surface area contributed by atoms with Gasteiger partial charge in [0.15, 0.2) is 0 Å². The first-order chi connectivity index (χ1) is 13.3. The van der Waals surface area contributed by atoms with E-state index in [0.717, 1.165) is 28.4 Å². The van der Waals surface area contributed by atoms with Crippen LogP contribution in [0.25, 0.3) is 16.9 Å². The van der Waals surface area contributed by atoms with Crippen LogP contribution in [0.5, 0.6) is 0 Å². The van der Waals surface area contributed by atoms with E-state index in [4.69, 9.17) is 4.98 Å². The van der Waals surface area contributed by atoms with Crippen molar-refractivity contribution in [1.29, 1.82) is 0 Å². The van der Waals surface area contributed by atoms with Crippen molar-refractivity contribution in [1.82, 2.24) is 9.38 Å². The number of nitrogens with zero attached hydrogens (tertiary/aromatic N) is 2. The molecule has 0 fully saturated rings. The van der Waals surface area contributed by atoms with E-state index < -0.39 is 0 Å². The maximum absolute atomic E-state index is 4.93. The van der Waals surface area contributed by atoms with Gasteiger partial charge in [-0.1, -0.05) is 69.3 Å². The molecule has 0 atom stereocenters. The normalized spacial score (nSPS) is 11.8. The molecule has 2 aromatic carbocycles. The average molecular weight is 370 g/mol. The molecule has 4 aromatic rings. The van der Waals surface area contributed by atoms with Crippen molar-refractivity contribution < 1.29 is 0 Å². The molecule has 28 heavy (non-hydrogen) atoms. The second-order valence-corrected chi connectivity index (χ2v) is 8.46. The predicted molar refractivity (Wildman–Crippen MR) is 119 cm³/mol. The Morgan fingerprint density at radius 2 is 1.50 bits per heavy atom. The van der Waals surface area contributed by atoms with Gasteiger partial charge in [-0.25, -0.2) is 4.98 Å². The van der Waals surface area contributed by atoms with Crippen LogP contribution in [0.15, 0.2) is 66.9 Å². The lowest BCUT2D eigenvalue weighted by molar-refractivity contribution is 0.590. The van der Waals surface area contributed by atoms with Gasteiger partial charge in [0.2, 0.25) is 0 Å². The quantitative estimate of drug-likeness (QED) is 0.437. The average Bonchev–Trinajstić information content (AvgIpc) is 3.03. The molecule has 0 unspecified atom stereocenters. The van der Waals surface area contributed by atoms with E-state index in [9.17, 15) is 0 Å². The first-order valence-corrected chi connectivity index (χ1v) is 9.76. The van der Waals surface area contributed by atoms with Gasteiger partial charge in [-0.3, -0.25) is 4.40 Å². The fourth-order valence-electron chi connectivity index (χ4n) is 3.57. The summed E-state index contributed by atoms with van der Waals surface area (Å²) in [5.74, 6) is 0.997. The largest absolute Gasteiger partial charge is 0.339 e. The molecule has 3 heteroatoms. The van der Waals surface area contributed by atoms with Crippen molar-refractivity contribution in [2.75, 3.05) is 5.32 Å². The summed E-state index contributed by atoms with van der Waals surface area (Å²) in [4.78, 5) is 4.93. The molecular formula is C25H27N3. The van der Waals surface area contributed by atoms with Crippen LogP contribution in [0.2, 0.25) is 0 Å². The molecule has 0 amide bonds. The molecule has 0 aliphatic heterocycles. The highest BCUT2D eigenvalue weighted by molar-refractivity contribution is 5.81. The maximum Gasteiger partial charge on any atom is 0.143 e. The molecule has 0 aliphatic rings. The number of imidazole rings is 1. The zero-order valence-electron chi connectivity index (χ0n) is 17.2. The van der Waals surface area contributed by atoms with Gasteiger partial charge in [0.1, 0.15) is 17.2 Å². The van der Waals surface area contributed by atoms with E-state index >= 15 is 0 Å². The van der Waals surface area contributed by atoms with E-state index in [1.165, 1.54) is 16.7 Å². The lowest BCUT2D eigenvalue weighted by Gasteiger charge is -2.19. The number of rotatable bonds is 3. The number of benzene rings is 2. The van der Waals surface area contributed by atoms with Gasteiger partial charge in [0.05, 0.1) is 0 Å². The highest BCUT2D eigenvalue weighted by atomic mass is 15.1. The summed E-state index contributed by atoms with van der Waals surface area (Å²) >= 11 is 0. The molecule has 3 nitrogen and oxygen atoms in total. The van der Waals surface area contributed by atoms with Crippen molar-refractivity contribution in [3.8, 4) is 11.3 Å². The van der Waals surface area contributed by atoms with Gasteiger partial charge in [-0.2, -0.15) is 0 Å². The Morgan fingerprint density at radius 1 is 0.821 bits per heavy atom. The Morgan fingerprint density at radius 3 is 2.14 bits per heavy atom. The molecule has 2 heterocycles. The zero-order valence-corrected chi connectivity index (χ0v) is 17.2.